The Kier molecular flexibility index (Phi) is 8.43. The molecule has 1 saturated carbocycles. The van der Waals surface area contributed by atoms with Crippen LogP contribution in [0.3, 0.4) is 0 Å². The van der Waals surface area contributed by atoms with E-state index in [2.05, 4.69) is 72.6 Å². The molecule has 1 fully saturated rings. The summed E-state index contributed by atoms with van der Waals surface area (Å²) in [6, 6.07) is 19.4. The summed E-state index contributed by atoms with van der Waals surface area (Å²) >= 11 is 5.44. The Bertz CT molecular complexity index is 816. The van der Waals surface area contributed by atoms with Crippen molar-refractivity contribution in [2.24, 2.45) is 0 Å². The summed E-state index contributed by atoms with van der Waals surface area (Å²) in [4.78, 5) is 14.0. The number of hydrogen-bond donors (Lipinski definition) is 0. The zero-order valence-electron chi connectivity index (χ0n) is 17.3. The number of hydrogen-bond acceptors (Lipinski definition) is 2. The van der Waals surface area contributed by atoms with Crippen LogP contribution in [0.25, 0.3) is 17.2 Å². The third kappa shape index (κ3) is 6.51. The molecule has 0 atom stereocenters. The molecule has 0 unspecified atom stereocenters. The molecule has 0 bridgehead atoms. The molecule has 156 valence electrons. The summed E-state index contributed by atoms with van der Waals surface area (Å²) < 4.78 is 1.05. The Morgan fingerprint density at radius 1 is 1.00 bits per heavy atom. The summed E-state index contributed by atoms with van der Waals surface area (Å²) in [5.41, 5.74) is 3.63. The fraction of sp³-hybridized carbons (Fsp3) is 0.385. The van der Waals surface area contributed by atoms with Crippen molar-refractivity contribution in [3.8, 4) is 11.1 Å². The van der Waals surface area contributed by atoms with Crippen LogP contribution in [0.5, 0.6) is 0 Å². The molecule has 0 radical (unpaired) electrons. The van der Waals surface area contributed by atoms with Gasteiger partial charge in [-0.3, -0.25) is 0 Å². The van der Waals surface area contributed by atoms with Crippen molar-refractivity contribution >= 4 is 16.5 Å². The Labute approximate surface area is 182 Å². The van der Waals surface area contributed by atoms with E-state index in [9.17, 15) is 4.79 Å². The van der Waals surface area contributed by atoms with Gasteiger partial charge in [-0.2, -0.15) is 0 Å². The fourth-order valence-corrected chi connectivity index (χ4v) is 4.24. The van der Waals surface area contributed by atoms with E-state index < -0.39 is 0 Å². The van der Waals surface area contributed by atoms with E-state index in [0.717, 1.165) is 30.3 Å². The first-order valence-electron chi connectivity index (χ1n) is 10.8. The zero-order chi connectivity index (χ0) is 20.5. The molecule has 2 aromatic rings. The topological polar surface area (TPSA) is 20.3 Å². The molecule has 0 N–H and O–H groups in total. The van der Waals surface area contributed by atoms with Gasteiger partial charge >= 0.3 is 183 Å². The second kappa shape index (κ2) is 11.3. The Morgan fingerprint density at radius 3 is 2.31 bits per heavy atom. The van der Waals surface area contributed by atoms with Gasteiger partial charge in [0, 0.05) is 0 Å². The van der Waals surface area contributed by atoms with Crippen molar-refractivity contribution in [1.82, 2.24) is 4.90 Å². The van der Waals surface area contributed by atoms with Gasteiger partial charge in [0.25, 0.3) is 0 Å². The molecular weight excluding hydrogens is 401 g/mol. The minimum atomic E-state index is 0.359. The van der Waals surface area contributed by atoms with Crippen molar-refractivity contribution in [3.63, 3.8) is 0 Å². The molecule has 0 spiro atoms. The first kappa shape index (κ1) is 21.7. The summed E-state index contributed by atoms with van der Waals surface area (Å²) in [6.07, 6.45) is 12.0. The van der Waals surface area contributed by atoms with E-state index in [1.54, 1.807) is 0 Å². The predicted molar refractivity (Wildman–Crippen MR) is 119 cm³/mol. The third-order valence-corrected chi connectivity index (χ3v) is 6.09. The standard InChI is InChI=1S/C26H31NO.Ni/c1-2-3-4-8-20-27(25-15-17-26(28)18-16-25)21-19-22-11-13-24(14-12-22)23-9-6-5-7-10-23;/h5-7,9-14,19,21,25H,2-4,8,15-18H2,1H3;. The van der Waals surface area contributed by atoms with Crippen molar-refractivity contribution in [2.75, 3.05) is 0 Å². The van der Waals surface area contributed by atoms with E-state index in [1.165, 1.54) is 29.5 Å². The summed E-state index contributed by atoms with van der Waals surface area (Å²) in [5, 5.41) is 0. The van der Waals surface area contributed by atoms with Crippen molar-refractivity contribution < 1.29 is 19.8 Å². The molecule has 0 aromatic heterocycles. The Hall–Kier alpha value is -1.99. The number of carbonyl (C=O) groups excluding carboxylic acids is 1. The fourth-order valence-electron chi connectivity index (χ4n) is 3.81. The quantitative estimate of drug-likeness (QED) is 0.338. The van der Waals surface area contributed by atoms with E-state index in [1.807, 2.05) is 6.07 Å². The number of Topliss-reactive ketones (excluding diaryl/α,β-unsaturated/α-hetero) is 1. The van der Waals surface area contributed by atoms with Crippen molar-refractivity contribution in [3.05, 3.63) is 66.4 Å². The molecule has 0 aliphatic heterocycles. The van der Waals surface area contributed by atoms with Crippen LogP contribution < -0.4 is 0 Å². The SMILES string of the molecule is CCCCC[C](=[Ni])N(C=Cc1ccc(-c2ccccc2)cc1)C1CCC(=O)CC1. The number of rotatable bonds is 9. The average molecular weight is 432 g/mol. The first-order chi connectivity index (χ1) is 14.2. The maximum absolute atomic E-state index is 11.7. The average Bonchev–Trinajstić information content (AvgIpc) is 2.76. The zero-order valence-corrected chi connectivity index (χ0v) is 18.2. The molecule has 1 aliphatic carbocycles. The molecular formula is C26H31NNiO. The van der Waals surface area contributed by atoms with Crippen LogP contribution in [0.2, 0.25) is 0 Å². The number of ketones is 1. The van der Waals surface area contributed by atoms with Gasteiger partial charge in [-0.15, -0.1) is 0 Å². The molecule has 0 heterocycles. The number of benzene rings is 2. The van der Waals surface area contributed by atoms with Gasteiger partial charge in [-0.05, 0) is 0 Å². The second-order valence-corrected chi connectivity index (χ2v) is 8.35. The molecule has 0 saturated heterocycles. The summed E-state index contributed by atoms with van der Waals surface area (Å²) in [6.45, 7) is 2.22. The monoisotopic (exact) mass is 431 g/mol. The summed E-state index contributed by atoms with van der Waals surface area (Å²) in [7, 11) is 0. The van der Waals surface area contributed by atoms with Gasteiger partial charge in [-0.1, -0.05) is 0 Å². The van der Waals surface area contributed by atoms with Crippen LogP contribution in [0, 0.1) is 0 Å². The minimum absolute atomic E-state index is 0.359. The van der Waals surface area contributed by atoms with Crippen LogP contribution in [-0.2, 0) is 19.8 Å². The van der Waals surface area contributed by atoms with Crippen LogP contribution in [0.4, 0.5) is 0 Å². The van der Waals surface area contributed by atoms with E-state index >= 15 is 0 Å². The number of nitrogens with zero attached hydrogens (tertiary/aromatic N) is 1. The van der Waals surface area contributed by atoms with Gasteiger partial charge in [0.1, 0.15) is 0 Å². The number of unbranched alkanes of at least 4 members (excludes halogenated alkanes) is 2. The maximum atomic E-state index is 11.7. The van der Waals surface area contributed by atoms with Crippen LogP contribution in [0.15, 0.2) is 60.8 Å². The van der Waals surface area contributed by atoms with Gasteiger partial charge in [0.05, 0.1) is 0 Å². The third-order valence-electron chi connectivity index (χ3n) is 5.59. The van der Waals surface area contributed by atoms with Gasteiger partial charge in [-0.25, -0.2) is 0 Å². The molecule has 3 heteroatoms. The molecule has 3 rings (SSSR count). The van der Waals surface area contributed by atoms with E-state index in [4.69, 9.17) is 15.0 Å². The van der Waals surface area contributed by atoms with Crippen molar-refractivity contribution in [2.45, 2.75) is 64.3 Å². The van der Waals surface area contributed by atoms with Crippen LogP contribution in [0.1, 0.15) is 63.9 Å². The van der Waals surface area contributed by atoms with E-state index in [0.29, 0.717) is 24.7 Å². The number of carbonyl (C=O) groups is 1. The van der Waals surface area contributed by atoms with Gasteiger partial charge in [0.2, 0.25) is 0 Å². The molecule has 29 heavy (non-hydrogen) atoms. The van der Waals surface area contributed by atoms with E-state index in [-0.39, 0.29) is 0 Å². The van der Waals surface area contributed by atoms with Gasteiger partial charge in [0.15, 0.2) is 0 Å². The Morgan fingerprint density at radius 2 is 1.66 bits per heavy atom. The molecule has 2 aromatic carbocycles. The summed E-state index contributed by atoms with van der Waals surface area (Å²) in [5.74, 6) is 0.391. The Balaban J connectivity index is 1.71. The normalized spacial score (nSPS) is 15.1. The first-order valence-corrected chi connectivity index (χ1v) is 11.3. The molecule has 0 amide bonds. The second-order valence-electron chi connectivity index (χ2n) is 7.78. The van der Waals surface area contributed by atoms with Crippen LogP contribution in [-0.4, -0.2) is 21.3 Å². The predicted octanol–water partition coefficient (Wildman–Crippen LogP) is 6.40. The molecule has 1 aliphatic rings. The van der Waals surface area contributed by atoms with Crippen LogP contribution >= 0.6 is 0 Å². The van der Waals surface area contributed by atoms with Crippen molar-refractivity contribution in [1.29, 1.82) is 0 Å². The van der Waals surface area contributed by atoms with Gasteiger partial charge < -0.3 is 0 Å². The molecule has 2 nitrogen and oxygen atoms in total.